The van der Waals surface area contributed by atoms with Gasteiger partial charge in [0.2, 0.25) is 11.7 Å². The second-order valence-electron chi connectivity index (χ2n) is 7.45. The number of benzene rings is 1. The van der Waals surface area contributed by atoms with Crippen LogP contribution in [-0.4, -0.2) is 55.5 Å². The molecule has 32 heavy (non-hydrogen) atoms. The van der Waals surface area contributed by atoms with E-state index < -0.39 is 30.2 Å². The molecule has 2 aromatic rings. The van der Waals surface area contributed by atoms with E-state index in [-0.39, 0.29) is 31.2 Å². The highest BCUT2D eigenvalue weighted by Crippen LogP contribution is 2.33. The van der Waals surface area contributed by atoms with Crippen LogP contribution in [-0.2, 0) is 19.1 Å². The molecule has 1 fully saturated rings. The van der Waals surface area contributed by atoms with Gasteiger partial charge in [-0.1, -0.05) is 12.1 Å². The fourth-order valence-electron chi connectivity index (χ4n) is 3.82. The van der Waals surface area contributed by atoms with E-state index in [1.54, 1.807) is 45.0 Å². The van der Waals surface area contributed by atoms with Gasteiger partial charge in [0.1, 0.15) is 5.75 Å². The van der Waals surface area contributed by atoms with Gasteiger partial charge in [-0.2, -0.15) is 0 Å². The van der Waals surface area contributed by atoms with Crippen LogP contribution in [0.4, 0.5) is 5.69 Å². The third kappa shape index (κ3) is 4.51. The molecule has 9 heteroatoms. The molecule has 1 atom stereocenters. The van der Waals surface area contributed by atoms with Crippen LogP contribution in [0.1, 0.15) is 45.4 Å². The van der Waals surface area contributed by atoms with Crippen LogP contribution in [0.2, 0.25) is 0 Å². The van der Waals surface area contributed by atoms with Gasteiger partial charge in [0, 0.05) is 18.7 Å². The largest absolute Gasteiger partial charge is 0.495 e. The summed E-state index contributed by atoms with van der Waals surface area (Å²) >= 11 is 0. The normalized spacial score (nSPS) is 15.6. The highest BCUT2D eigenvalue weighted by molar-refractivity contribution is 6.03. The molecule has 1 aliphatic heterocycles. The summed E-state index contributed by atoms with van der Waals surface area (Å²) in [5.74, 6) is -2.01. The van der Waals surface area contributed by atoms with Crippen molar-refractivity contribution < 1.29 is 33.4 Å². The number of hydrogen-bond acceptors (Lipinski definition) is 7. The molecule has 9 nitrogen and oxygen atoms in total. The van der Waals surface area contributed by atoms with Crippen LogP contribution in [0.5, 0.6) is 5.75 Å². The Bertz CT molecular complexity index is 1060. The van der Waals surface area contributed by atoms with E-state index in [2.05, 4.69) is 4.98 Å². The third-order valence-corrected chi connectivity index (χ3v) is 5.38. The van der Waals surface area contributed by atoms with Crippen molar-refractivity contribution in [3.63, 3.8) is 0 Å². The van der Waals surface area contributed by atoms with Gasteiger partial charge in [-0.15, -0.1) is 0 Å². The number of carbonyl (C=O) groups excluding carboxylic acids is 4. The SMILES string of the molecule is CCOC(=O)c1c(C)[nH]c(C(=O)COC(=O)[C@H]2CC(=O)N(c3ccccc3OC)C2)c1C. The molecule has 0 aliphatic carbocycles. The van der Waals surface area contributed by atoms with Gasteiger partial charge in [-0.05, 0) is 38.5 Å². The van der Waals surface area contributed by atoms with Gasteiger partial charge in [-0.3, -0.25) is 14.4 Å². The number of ether oxygens (including phenoxy) is 3. The van der Waals surface area contributed by atoms with Gasteiger partial charge in [0.05, 0.1) is 36.6 Å². The maximum atomic E-state index is 12.6. The summed E-state index contributed by atoms with van der Waals surface area (Å²) in [4.78, 5) is 54.1. The van der Waals surface area contributed by atoms with Crippen molar-refractivity contribution in [3.8, 4) is 5.75 Å². The smallest absolute Gasteiger partial charge is 0.340 e. The predicted octanol–water partition coefficient (Wildman–Crippen LogP) is 2.60. The molecular formula is C23H26N2O7. The minimum absolute atomic E-state index is 0.0152. The first kappa shape index (κ1) is 23.1. The lowest BCUT2D eigenvalue weighted by atomic mass is 10.1. The van der Waals surface area contributed by atoms with E-state index in [1.807, 2.05) is 0 Å². The number of amides is 1. The van der Waals surface area contributed by atoms with Crippen molar-refractivity contribution in [1.29, 1.82) is 0 Å². The number of aromatic amines is 1. The topological polar surface area (TPSA) is 115 Å². The molecule has 170 valence electrons. The molecule has 0 bridgehead atoms. The van der Waals surface area contributed by atoms with E-state index in [4.69, 9.17) is 14.2 Å². The van der Waals surface area contributed by atoms with Crippen molar-refractivity contribution in [2.45, 2.75) is 27.2 Å². The van der Waals surface area contributed by atoms with Crippen LogP contribution in [0, 0.1) is 19.8 Å². The second kappa shape index (κ2) is 9.67. The summed E-state index contributed by atoms with van der Waals surface area (Å²) in [5.41, 5.74) is 2.02. The molecule has 1 aliphatic rings. The minimum Gasteiger partial charge on any atom is -0.495 e. The summed E-state index contributed by atoms with van der Waals surface area (Å²) in [7, 11) is 1.51. The molecule has 1 N–H and O–H groups in total. The Hall–Kier alpha value is -3.62. The highest BCUT2D eigenvalue weighted by atomic mass is 16.5. The number of para-hydroxylation sites is 2. The van der Waals surface area contributed by atoms with E-state index in [0.29, 0.717) is 28.3 Å². The lowest BCUT2D eigenvalue weighted by Crippen LogP contribution is -2.27. The van der Waals surface area contributed by atoms with Crippen molar-refractivity contribution in [1.82, 2.24) is 4.98 Å². The zero-order chi connectivity index (χ0) is 23.4. The lowest BCUT2D eigenvalue weighted by Gasteiger charge is -2.19. The molecular weight excluding hydrogens is 416 g/mol. The Morgan fingerprint density at radius 3 is 2.56 bits per heavy atom. The molecule has 3 rings (SSSR count). The Labute approximate surface area is 185 Å². The van der Waals surface area contributed by atoms with E-state index >= 15 is 0 Å². The zero-order valence-electron chi connectivity index (χ0n) is 18.5. The van der Waals surface area contributed by atoms with Crippen LogP contribution in [0.3, 0.4) is 0 Å². The summed E-state index contributed by atoms with van der Waals surface area (Å²) < 4.78 is 15.5. The standard InChI is InChI=1S/C23H26N2O7/c1-5-31-23(29)20-13(2)21(24-14(20)3)17(26)12-32-22(28)15-10-19(27)25(11-15)16-8-6-7-9-18(16)30-4/h6-9,15,24H,5,10-12H2,1-4H3/t15-/m0/s1. The van der Waals surface area contributed by atoms with Gasteiger partial charge in [0.15, 0.2) is 6.61 Å². The van der Waals surface area contributed by atoms with E-state index in [0.717, 1.165) is 0 Å². The molecule has 0 saturated carbocycles. The average molecular weight is 442 g/mol. The van der Waals surface area contributed by atoms with Crippen molar-refractivity contribution in [3.05, 3.63) is 46.8 Å². The lowest BCUT2D eigenvalue weighted by molar-refractivity contribution is -0.147. The van der Waals surface area contributed by atoms with Crippen molar-refractivity contribution in [2.24, 2.45) is 5.92 Å². The molecule has 2 heterocycles. The number of H-pyrrole nitrogens is 1. The second-order valence-corrected chi connectivity index (χ2v) is 7.45. The van der Waals surface area contributed by atoms with Crippen LogP contribution in [0.15, 0.2) is 24.3 Å². The Kier molecular flexibility index (Phi) is 6.97. The summed E-state index contributed by atoms with van der Waals surface area (Å²) in [5, 5.41) is 0. The summed E-state index contributed by atoms with van der Waals surface area (Å²) in [6.07, 6.45) is -0.0152. The quantitative estimate of drug-likeness (QED) is 0.494. The van der Waals surface area contributed by atoms with Gasteiger partial charge >= 0.3 is 11.9 Å². The van der Waals surface area contributed by atoms with Crippen LogP contribution >= 0.6 is 0 Å². The number of anilines is 1. The zero-order valence-corrected chi connectivity index (χ0v) is 18.5. The number of aryl methyl sites for hydroxylation is 1. The first-order valence-electron chi connectivity index (χ1n) is 10.3. The fourth-order valence-corrected chi connectivity index (χ4v) is 3.82. The van der Waals surface area contributed by atoms with Gasteiger partial charge in [0.25, 0.3) is 0 Å². The Morgan fingerprint density at radius 1 is 1.16 bits per heavy atom. The predicted molar refractivity (Wildman–Crippen MR) is 115 cm³/mol. The average Bonchev–Trinajstić information content (AvgIpc) is 3.31. The molecule has 1 saturated heterocycles. The number of methoxy groups -OCH3 is 1. The first-order chi connectivity index (χ1) is 15.3. The number of nitrogens with one attached hydrogen (secondary N) is 1. The third-order valence-electron chi connectivity index (χ3n) is 5.38. The molecule has 1 aromatic heterocycles. The van der Waals surface area contributed by atoms with Crippen molar-refractivity contribution >= 4 is 29.3 Å². The molecule has 0 radical (unpaired) electrons. The minimum atomic E-state index is -0.693. The Morgan fingerprint density at radius 2 is 1.88 bits per heavy atom. The molecule has 1 aromatic carbocycles. The number of Topliss-reactive ketones (excluding diaryl/α,β-unsaturated/α-hetero) is 1. The fraction of sp³-hybridized carbons (Fsp3) is 0.391. The summed E-state index contributed by atoms with van der Waals surface area (Å²) in [6.45, 7) is 4.85. The maximum Gasteiger partial charge on any atom is 0.340 e. The van der Waals surface area contributed by atoms with Gasteiger partial charge in [-0.25, -0.2) is 4.79 Å². The number of nitrogens with zero attached hydrogens (tertiary/aromatic N) is 1. The number of ketones is 1. The number of hydrogen-bond donors (Lipinski definition) is 1. The van der Waals surface area contributed by atoms with E-state index in [9.17, 15) is 19.2 Å². The van der Waals surface area contributed by atoms with E-state index in [1.165, 1.54) is 12.0 Å². The highest BCUT2D eigenvalue weighted by Gasteiger charge is 2.37. The number of carbonyl (C=O) groups is 4. The molecule has 0 unspecified atom stereocenters. The van der Waals surface area contributed by atoms with Crippen molar-refractivity contribution in [2.75, 3.05) is 31.8 Å². The number of esters is 2. The monoisotopic (exact) mass is 442 g/mol. The molecule has 1 amide bonds. The molecule has 0 spiro atoms. The number of aromatic nitrogens is 1. The summed E-state index contributed by atoms with van der Waals surface area (Å²) in [6, 6.07) is 7.04. The number of rotatable bonds is 8. The maximum absolute atomic E-state index is 12.6. The van der Waals surface area contributed by atoms with Crippen LogP contribution < -0.4 is 9.64 Å². The first-order valence-corrected chi connectivity index (χ1v) is 10.3. The van der Waals surface area contributed by atoms with Crippen LogP contribution in [0.25, 0.3) is 0 Å². The van der Waals surface area contributed by atoms with Gasteiger partial charge < -0.3 is 24.1 Å². The Balaban J connectivity index is 1.64.